The van der Waals surface area contributed by atoms with Gasteiger partial charge in [0, 0.05) is 30.8 Å². The normalized spacial score (nSPS) is 16.6. The maximum atomic E-state index is 12.7. The first-order chi connectivity index (χ1) is 14.2. The summed E-state index contributed by atoms with van der Waals surface area (Å²) in [6.07, 6.45) is 0.442. The van der Waals surface area contributed by atoms with Crippen LogP contribution in [-0.2, 0) is 11.3 Å². The Bertz CT molecular complexity index is 1240. The van der Waals surface area contributed by atoms with E-state index in [4.69, 9.17) is 12.2 Å². The minimum absolute atomic E-state index is 0.00173. The van der Waals surface area contributed by atoms with E-state index in [9.17, 15) is 4.79 Å². The van der Waals surface area contributed by atoms with Crippen molar-refractivity contribution in [2.45, 2.75) is 18.9 Å². The Morgan fingerprint density at radius 2 is 1.76 bits per heavy atom. The summed E-state index contributed by atoms with van der Waals surface area (Å²) in [4.78, 5) is 14.6. The van der Waals surface area contributed by atoms with Gasteiger partial charge in [0.1, 0.15) is 5.82 Å². The molecule has 1 aliphatic rings. The smallest absolute Gasteiger partial charge is 0.223 e. The monoisotopic (exact) mass is 400 g/mol. The van der Waals surface area contributed by atoms with Gasteiger partial charge in [-0.2, -0.15) is 5.10 Å². The van der Waals surface area contributed by atoms with Gasteiger partial charge in [-0.15, -0.1) is 0 Å². The number of hydrogen-bond acceptors (Lipinski definition) is 3. The molecule has 0 saturated carbocycles. The summed E-state index contributed by atoms with van der Waals surface area (Å²) in [6, 6.07) is 24.5. The van der Waals surface area contributed by atoms with Crippen molar-refractivity contribution in [1.82, 2.24) is 19.7 Å². The van der Waals surface area contributed by atoms with E-state index in [1.54, 1.807) is 0 Å². The van der Waals surface area contributed by atoms with E-state index in [-0.39, 0.29) is 11.8 Å². The molecule has 4 aromatic rings. The Hall–Kier alpha value is -3.25. The first kappa shape index (κ1) is 17.8. The Kier molecular flexibility index (Phi) is 4.48. The number of likely N-dealkylation sites (tertiary alicyclic amines) is 1. The van der Waals surface area contributed by atoms with Crippen LogP contribution in [0.2, 0.25) is 0 Å². The number of rotatable bonds is 4. The Balaban J connectivity index is 1.51. The van der Waals surface area contributed by atoms with Gasteiger partial charge in [-0.25, -0.2) is 0 Å². The lowest BCUT2D eigenvalue weighted by atomic mass is 10.1. The van der Waals surface area contributed by atoms with Crippen LogP contribution in [0.5, 0.6) is 0 Å². The molecule has 1 atom stereocenters. The number of H-pyrrole nitrogens is 1. The predicted molar refractivity (Wildman–Crippen MR) is 115 cm³/mol. The number of nitrogens with zero attached hydrogens (tertiary/aromatic N) is 3. The van der Waals surface area contributed by atoms with Gasteiger partial charge in [-0.1, -0.05) is 66.7 Å². The molecule has 3 aromatic carbocycles. The number of aromatic nitrogens is 3. The molecule has 144 valence electrons. The van der Waals surface area contributed by atoms with E-state index in [0.717, 1.165) is 27.8 Å². The Morgan fingerprint density at radius 1 is 1.00 bits per heavy atom. The van der Waals surface area contributed by atoms with Gasteiger partial charge in [-0.3, -0.25) is 14.5 Å². The molecule has 0 spiro atoms. The second kappa shape index (κ2) is 7.29. The summed E-state index contributed by atoms with van der Waals surface area (Å²) in [5.41, 5.74) is 2.13. The number of nitrogens with one attached hydrogen (secondary N) is 1. The highest BCUT2D eigenvalue weighted by atomic mass is 32.1. The van der Waals surface area contributed by atoms with E-state index in [0.29, 0.717) is 24.3 Å². The topological polar surface area (TPSA) is 53.9 Å². The molecule has 6 heteroatoms. The van der Waals surface area contributed by atoms with E-state index >= 15 is 0 Å². The fourth-order valence-electron chi connectivity index (χ4n) is 4.12. The number of amides is 1. The van der Waals surface area contributed by atoms with Crippen molar-refractivity contribution in [2.75, 3.05) is 6.54 Å². The molecule has 1 aliphatic heterocycles. The molecule has 5 rings (SSSR count). The van der Waals surface area contributed by atoms with E-state index < -0.39 is 0 Å². The van der Waals surface area contributed by atoms with Crippen molar-refractivity contribution < 1.29 is 4.79 Å². The molecule has 2 heterocycles. The standard InChI is InChI=1S/C23H20N4OS/c28-21-13-18(15-26(21)14-16-7-2-1-3-8-16)22-24-25-23(29)27(22)20-12-6-10-17-9-4-5-11-19(17)20/h1-12,18H,13-15H2,(H,25,29). The molecule has 0 aliphatic carbocycles. The lowest BCUT2D eigenvalue weighted by Gasteiger charge is -2.17. The van der Waals surface area contributed by atoms with Crippen molar-refractivity contribution in [3.8, 4) is 5.69 Å². The predicted octanol–water partition coefficient (Wildman–Crippen LogP) is 4.60. The summed E-state index contributed by atoms with van der Waals surface area (Å²) < 4.78 is 2.53. The molecular weight excluding hydrogens is 380 g/mol. The third-order valence-electron chi connectivity index (χ3n) is 5.50. The van der Waals surface area contributed by atoms with Crippen LogP contribution in [0.1, 0.15) is 23.7 Å². The van der Waals surface area contributed by atoms with Crippen LogP contribution in [0.3, 0.4) is 0 Å². The molecular formula is C23H20N4OS. The van der Waals surface area contributed by atoms with Gasteiger partial charge in [0.25, 0.3) is 0 Å². The van der Waals surface area contributed by atoms with Crippen LogP contribution in [0.25, 0.3) is 16.5 Å². The molecule has 1 saturated heterocycles. The zero-order valence-corrected chi connectivity index (χ0v) is 16.6. The summed E-state index contributed by atoms with van der Waals surface area (Å²) in [7, 11) is 0. The van der Waals surface area contributed by atoms with Crippen LogP contribution in [0, 0.1) is 4.77 Å². The molecule has 1 N–H and O–H groups in total. The van der Waals surface area contributed by atoms with Crippen LogP contribution in [0.15, 0.2) is 72.8 Å². The number of benzene rings is 3. The van der Waals surface area contributed by atoms with Gasteiger partial charge in [-0.05, 0) is 29.2 Å². The summed E-state index contributed by atoms with van der Waals surface area (Å²) in [6.45, 7) is 1.26. The lowest BCUT2D eigenvalue weighted by Crippen LogP contribution is -2.24. The second-order valence-corrected chi connectivity index (χ2v) is 7.77. The fraction of sp³-hybridized carbons (Fsp3) is 0.174. The Morgan fingerprint density at radius 3 is 2.62 bits per heavy atom. The average Bonchev–Trinajstić information content (AvgIpc) is 3.31. The van der Waals surface area contributed by atoms with Gasteiger partial charge in [0.15, 0.2) is 4.77 Å². The zero-order chi connectivity index (χ0) is 19.8. The molecule has 0 bridgehead atoms. The number of aromatic amines is 1. The van der Waals surface area contributed by atoms with Gasteiger partial charge in [0.2, 0.25) is 5.91 Å². The molecule has 1 amide bonds. The molecule has 1 unspecified atom stereocenters. The molecule has 29 heavy (non-hydrogen) atoms. The quantitative estimate of drug-likeness (QED) is 0.510. The lowest BCUT2D eigenvalue weighted by molar-refractivity contribution is -0.128. The zero-order valence-electron chi connectivity index (χ0n) is 15.8. The van der Waals surface area contributed by atoms with Crippen molar-refractivity contribution in [3.63, 3.8) is 0 Å². The maximum Gasteiger partial charge on any atom is 0.223 e. The molecule has 1 aromatic heterocycles. The largest absolute Gasteiger partial charge is 0.338 e. The van der Waals surface area contributed by atoms with Gasteiger partial charge in [0.05, 0.1) is 5.69 Å². The first-order valence-electron chi connectivity index (χ1n) is 9.68. The van der Waals surface area contributed by atoms with Crippen LogP contribution >= 0.6 is 12.2 Å². The average molecular weight is 401 g/mol. The minimum Gasteiger partial charge on any atom is -0.338 e. The minimum atomic E-state index is -0.00173. The third kappa shape index (κ3) is 3.25. The third-order valence-corrected chi connectivity index (χ3v) is 5.78. The number of carbonyl (C=O) groups excluding carboxylic acids is 1. The molecule has 0 radical (unpaired) electrons. The van der Waals surface area contributed by atoms with E-state index in [1.165, 1.54) is 0 Å². The van der Waals surface area contributed by atoms with Crippen molar-refractivity contribution in [2.24, 2.45) is 0 Å². The van der Waals surface area contributed by atoms with Crippen LogP contribution < -0.4 is 0 Å². The Labute approximate surface area is 173 Å². The van der Waals surface area contributed by atoms with Crippen LogP contribution in [-0.4, -0.2) is 32.1 Å². The highest BCUT2D eigenvalue weighted by molar-refractivity contribution is 7.71. The molecule has 5 nitrogen and oxygen atoms in total. The van der Waals surface area contributed by atoms with E-state index in [2.05, 4.69) is 34.5 Å². The summed E-state index contributed by atoms with van der Waals surface area (Å²) in [5.74, 6) is 0.964. The van der Waals surface area contributed by atoms with Gasteiger partial charge >= 0.3 is 0 Å². The van der Waals surface area contributed by atoms with Gasteiger partial charge < -0.3 is 4.90 Å². The van der Waals surface area contributed by atoms with Crippen molar-refractivity contribution in [1.29, 1.82) is 0 Å². The van der Waals surface area contributed by atoms with Crippen molar-refractivity contribution >= 4 is 28.9 Å². The van der Waals surface area contributed by atoms with Crippen molar-refractivity contribution in [3.05, 3.63) is 89.0 Å². The maximum absolute atomic E-state index is 12.7. The van der Waals surface area contributed by atoms with E-state index in [1.807, 2.05) is 58.0 Å². The number of hydrogen-bond donors (Lipinski definition) is 1. The molecule has 1 fully saturated rings. The highest BCUT2D eigenvalue weighted by Gasteiger charge is 2.34. The summed E-state index contributed by atoms with van der Waals surface area (Å²) in [5, 5.41) is 9.72. The summed E-state index contributed by atoms with van der Waals surface area (Å²) >= 11 is 5.56. The SMILES string of the molecule is O=C1CC(c2n[nH]c(=S)n2-c2cccc3ccccc23)CN1Cc1ccccc1. The first-order valence-corrected chi connectivity index (χ1v) is 10.1. The highest BCUT2D eigenvalue weighted by Crippen LogP contribution is 2.31. The fourth-order valence-corrected chi connectivity index (χ4v) is 4.36. The number of carbonyl (C=O) groups is 1. The van der Waals surface area contributed by atoms with Crippen LogP contribution in [0.4, 0.5) is 0 Å². The number of fused-ring (bicyclic) bond motifs is 1. The second-order valence-electron chi connectivity index (χ2n) is 7.38.